The number of benzene rings is 2. The Balaban J connectivity index is 2.32. The molecule has 18 heavy (non-hydrogen) atoms. The predicted molar refractivity (Wildman–Crippen MR) is 74.4 cm³/mol. The molecule has 0 spiro atoms. The molecule has 0 saturated heterocycles. The Morgan fingerprint density at radius 3 is 2.33 bits per heavy atom. The van der Waals surface area contributed by atoms with Gasteiger partial charge in [-0.05, 0) is 18.6 Å². The first kappa shape index (κ1) is 11.1. The van der Waals surface area contributed by atoms with Gasteiger partial charge in [-0.1, -0.05) is 48.5 Å². The molecule has 0 amide bonds. The molecule has 0 aliphatic heterocycles. The van der Waals surface area contributed by atoms with Gasteiger partial charge in [0, 0.05) is 16.5 Å². The minimum absolute atomic E-state index is 0.489. The third-order valence-corrected chi connectivity index (χ3v) is 3.23. The van der Waals surface area contributed by atoms with Crippen molar-refractivity contribution in [1.29, 1.82) is 0 Å². The Bertz CT molecular complexity index is 668. The Kier molecular flexibility index (Phi) is 2.65. The average molecular weight is 237 g/mol. The predicted octanol–water partition coefficient (Wildman–Crippen LogP) is 3.89. The molecular weight excluding hydrogens is 222 g/mol. The van der Waals surface area contributed by atoms with Crippen molar-refractivity contribution in [1.82, 2.24) is 4.98 Å². The summed E-state index contributed by atoms with van der Waals surface area (Å²) in [6.45, 7) is 1.81. The monoisotopic (exact) mass is 237 g/mol. The van der Waals surface area contributed by atoms with Crippen molar-refractivity contribution in [3.8, 4) is 11.3 Å². The summed E-state index contributed by atoms with van der Waals surface area (Å²) < 4.78 is 0. The van der Waals surface area contributed by atoms with E-state index in [1.165, 1.54) is 0 Å². The quantitative estimate of drug-likeness (QED) is 0.697. The molecule has 0 unspecified atom stereocenters. The number of aliphatic hydroxyl groups is 1. The highest BCUT2D eigenvalue weighted by Gasteiger charge is 2.16. The maximum Gasteiger partial charge on any atom is 0.0788 e. The summed E-state index contributed by atoms with van der Waals surface area (Å²) in [5.74, 6) is 0. The normalized spacial score (nSPS) is 12.8. The maximum atomic E-state index is 10.0. The van der Waals surface area contributed by atoms with Crippen LogP contribution in [0.15, 0.2) is 54.6 Å². The Morgan fingerprint density at radius 2 is 1.61 bits per heavy atom. The van der Waals surface area contributed by atoms with Crippen LogP contribution in [0.5, 0.6) is 0 Å². The van der Waals surface area contributed by atoms with Crippen molar-refractivity contribution in [2.24, 2.45) is 0 Å². The van der Waals surface area contributed by atoms with Gasteiger partial charge < -0.3 is 10.1 Å². The van der Waals surface area contributed by atoms with Crippen molar-refractivity contribution >= 4 is 10.9 Å². The number of hydrogen-bond acceptors (Lipinski definition) is 1. The van der Waals surface area contributed by atoms with Crippen LogP contribution >= 0.6 is 0 Å². The van der Waals surface area contributed by atoms with E-state index in [1.54, 1.807) is 0 Å². The Morgan fingerprint density at radius 1 is 0.944 bits per heavy atom. The highest BCUT2D eigenvalue weighted by molar-refractivity contribution is 5.91. The minimum atomic E-state index is -0.489. The van der Waals surface area contributed by atoms with Crippen molar-refractivity contribution in [2.75, 3.05) is 0 Å². The number of aliphatic hydroxyl groups excluding tert-OH is 1. The Hall–Kier alpha value is -2.06. The number of aromatic nitrogens is 1. The molecule has 2 heteroatoms. The SMILES string of the molecule is C[C@H](O)c1c(-c2ccccc2)[nH]c2ccccc12. The summed E-state index contributed by atoms with van der Waals surface area (Å²) in [6.07, 6.45) is -0.489. The van der Waals surface area contributed by atoms with Crippen LogP contribution in [0.1, 0.15) is 18.6 Å². The van der Waals surface area contributed by atoms with E-state index in [1.807, 2.05) is 49.4 Å². The van der Waals surface area contributed by atoms with E-state index in [2.05, 4.69) is 17.1 Å². The fraction of sp³-hybridized carbons (Fsp3) is 0.125. The molecule has 2 nitrogen and oxygen atoms in total. The molecule has 0 fully saturated rings. The maximum absolute atomic E-state index is 10.0. The second kappa shape index (κ2) is 4.31. The number of nitrogens with one attached hydrogen (secondary N) is 1. The number of fused-ring (bicyclic) bond motifs is 1. The molecule has 3 aromatic rings. The summed E-state index contributed by atoms with van der Waals surface area (Å²) in [6, 6.07) is 18.2. The first-order chi connectivity index (χ1) is 8.77. The number of aromatic amines is 1. The fourth-order valence-corrected chi connectivity index (χ4v) is 2.43. The minimum Gasteiger partial charge on any atom is -0.389 e. The van der Waals surface area contributed by atoms with Gasteiger partial charge in [-0.15, -0.1) is 0 Å². The van der Waals surface area contributed by atoms with Crippen LogP contribution in [0.25, 0.3) is 22.2 Å². The van der Waals surface area contributed by atoms with Gasteiger partial charge in [-0.25, -0.2) is 0 Å². The Labute approximate surface area is 106 Å². The summed E-state index contributed by atoms with van der Waals surface area (Å²) in [4.78, 5) is 3.40. The summed E-state index contributed by atoms with van der Waals surface area (Å²) in [5.41, 5.74) is 4.14. The lowest BCUT2D eigenvalue weighted by Gasteiger charge is -2.07. The number of H-pyrrole nitrogens is 1. The van der Waals surface area contributed by atoms with Crippen molar-refractivity contribution in [3.05, 3.63) is 60.2 Å². The van der Waals surface area contributed by atoms with Crippen LogP contribution in [0, 0.1) is 0 Å². The highest BCUT2D eigenvalue weighted by atomic mass is 16.3. The summed E-state index contributed by atoms with van der Waals surface area (Å²) >= 11 is 0. The topological polar surface area (TPSA) is 36.0 Å². The fourth-order valence-electron chi connectivity index (χ4n) is 2.43. The summed E-state index contributed by atoms with van der Waals surface area (Å²) in [7, 11) is 0. The standard InChI is InChI=1S/C16H15NO/c1-11(18)15-13-9-5-6-10-14(13)17-16(15)12-7-3-2-4-8-12/h2-11,17-18H,1H3/t11-/m0/s1. The average Bonchev–Trinajstić information content (AvgIpc) is 2.79. The zero-order valence-corrected chi connectivity index (χ0v) is 10.2. The van der Waals surface area contributed by atoms with Crippen LogP contribution in [0.2, 0.25) is 0 Å². The second-order valence-corrected chi connectivity index (χ2v) is 4.50. The molecule has 1 heterocycles. The van der Waals surface area contributed by atoms with E-state index in [4.69, 9.17) is 0 Å². The van der Waals surface area contributed by atoms with Gasteiger partial charge >= 0.3 is 0 Å². The van der Waals surface area contributed by atoms with Gasteiger partial charge in [0.2, 0.25) is 0 Å². The second-order valence-electron chi connectivity index (χ2n) is 4.50. The van der Waals surface area contributed by atoms with Crippen molar-refractivity contribution < 1.29 is 5.11 Å². The molecule has 2 N–H and O–H groups in total. The van der Waals surface area contributed by atoms with Crippen LogP contribution in [0.3, 0.4) is 0 Å². The van der Waals surface area contributed by atoms with E-state index in [0.29, 0.717) is 0 Å². The van der Waals surface area contributed by atoms with E-state index in [0.717, 1.165) is 27.7 Å². The molecule has 0 aliphatic rings. The van der Waals surface area contributed by atoms with Gasteiger partial charge in [0.05, 0.1) is 11.8 Å². The first-order valence-electron chi connectivity index (χ1n) is 6.11. The molecule has 2 aromatic carbocycles. The lowest BCUT2D eigenvalue weighted by Crippen LogP contribution is -1.92. The van der Waals surface area contributed by atoms with Crippen LogP contribution in [-0.4, -0.2) is 10.1 Å². The number of para-hydroxylation sites is 1. The van der Waals surface area contributed by atoms with Gasteiger partial charge in [0.15, 0.2) is 0 Å². The first-order valence-corrected chi connectivity index (χ1v) is 6.11. The molecule has 3 rings (SSSR count). The zero-order valence-electron chi connectivity index (χ0n) is 10.2. The lowest BCUT2D eigenvalue weighted by atomic mass is 10.0. The molecule has 0 radical (unpaired) electrons. The lowest BCUT2D eigenvalue weighted by molar-refractivity contribution is 0.201. The molecule has 1 atom stereocenters. The number of hydrogen-bond donors (Lipinski definition) is 2. The molecule has 0 saturated carbocycles. The smallest absolute Gasteiger partial charge is 0.0788 e. The number of rotatable bonds is 2. The van der Waals surface area contributed by atoms with Crippen LogP contribution < -0.4 is 0 Å². The molecule has 90 valence electrons. The van der Waals surface area contributed by atoms with Gasteiger partial charge in [0.25, 0.3) is 0 Å². The van der Waals surface area contributed by atoms with Gasteiger partial charge in [0.1, 0.15) is 0 Å². The third kappa shape index (κ3) is 1.71. The van der Waals surface area contributed by atoms with Crippen LogP contribution in [0.4, 0.5) is 0 Å². The van der Waals surface area contributed by atoms with Crippen molar-refractivity contribution in [3.63, 3.8) is 0 Å². The highest BCUT2D eigenvalue weighted by Crippen LogP contribution is 2.34. The van der Waals surface area contributed by atoms with Crippen molar-refractivity contribution in [2.45, 2.75) is 13.0 Å². The third-order valence-electron chi connectivity index (χ3n) is 3.23. The summed E-state index contributed by atoms with van der Waals surface area (Å²) in [5, 5.41) is 11.1. The van der Waals surface area contributed by atoms with Gasteiger partial charge in [-0.2, -0.15) is 0 Å². The molecule has 0 bridgehead atoms. The van der Waals surface area contributed by atoms with E-state index >= 15 is 0 Å². The van der Waals surface area contributed by atoms with Crippen LogP contribution in [-0.2, 0) is 0 Å². The molecule has 1 aromatic heterocycles. The molecule has 0 aliphatic carbocycles. The van der Waals surface area contributed by atoms with E-state index in [9.17, 15) is 5.11 Å². The zero-order chi connectivity index (χ0) is 12.5. The molecular formula is C16H15NO. The van der Waals surface area contributed by atoms with Gasteiger partial charge in [-0.3, -0.25) is 0 Å². The van der Waals surface area contributed by atoms with E-state index in [-0.39, 0.29) is 0 Å². The van der Waals surface area contributed by atoms with E-state index < -0.39 is 6.10 Å². The largest absolute Gasteiger partial charge is 0.389 e.